The van der Waals surface area contributed by atoms with Crippen molar-refractivity contribution in [1.29, 1.82) is 0 Å². The van der Waals surface area contributed by atoms with Gasteiger partial charge in [-0.3, -0.25) is 14.9 Å². The molecule has 0 spiro atoms. The maximum Gasteiger partial charge on any atom is 0.250 e. The van der Waals surface area contributed by atoms with Gasteiger partial charge in [0.2, 0.25) is 0 Å². The quantitative estimate of drug-likeness (QED) is 0.695. The second kappa shape index (κ2) is 5.50. The number of phenolic OH excluding ortho intramolecular Hbond substituents is 1. The van der Waals surface area contributed by atoms with Crippen LogP contribution in [0.1, 0.15) is 5.56 Å². The summed E-state index contributed by atoms with van der Waals surface area (Å²) in [6.45, 7) is 3.53. The smallest absolute Gasteiger partial charge is 0.250 e. The van der Waals surface area contributed by atoms with Gasteiger partial charge >= 0.3 is 0 Å². The van der Waals surface area contributed by atoms with Crippen LogP contribution in [0.2, 0.25) is 0 Å². The van der Waals surface area contributed by atoms with Gasteiger partial charge in [0.05, 0.1) is 0 Å². The number of imide groups is 1. The van der Waals surface area contributed by atoms with Gasteiger partial charge in [-0.2, -0.15) is 0 Å². The van der Waals surface area contributed by atoms with E-state index in [0.29, 0.717) is 0 Å². The van der Waals surface area contributed by atoms with Crippen LogP contribution in [0.25, 0.3) is 6.08 Å². The number of para-hydroxylation sites is 1. The molecule has 4 heteroatoms. The van der Waals surface area contributed by atoms with Gasteiger partial charge in [-0.15, -0.1) is 0 Å². The van der Waals surface area contributed by atoms with Crippen LogP contribution < -0.4 is 5.32 Å². The Balaban J connectivity index is 0.000000165. The SMILES string of the molecule is C=Cc1ccccc1O.O=C1C=CC(=O)N1. The van der Waals surface area contributed by atoms with E-state index in [1.165, 1.54) is 12.2 Å². The predicted octanol–water partition coefficient (Wildman–Crippen LogP) is 1.23. The lowest BCUT2D eigenvalue weighted by atomic mass is 10.2. The summed E-state index contributed by atoms with van der Waals surface area (Å²) >= 11 is 0. The largest absolute Gasteiger partial charge is 0.507 e. The standard InChI is InChI=1S/C8H8O.C4H3NO2/c1-2-7-5-3-4-6-8(7)9;6-3-1-2-4(7)5-3/h2-6,9H,1H2;1-2H,(H,5,6,7). The van der Waals surface area contributed by atoms with Crippen LogP contribution in [0, 0.1) is 0 Å². The molecular formula is C12H11NO3. The van der Waals surface area contributed by atoms with Gasteiger partial charge in [0.1, 0.15) is 5.75 Å². The molecule has 0 unspecified atom stereocenters. The third kappa shape index (κ3) is 3.42. The van der Waals surface area contributed by atoms with Gasteiger partial charge in [0, 0.05) is 17.7 Å². The lowest BCUT2D eigenvalue weighted by Gasteiger charge is -1.93. The number of aromatic hydroxyl groups is 1. The molecule has 0 atom stereocenters. The van der Waals surface area contributed by atoms with Crippen LogP contribution in [-0.2, 0) is 9.59 Å². The van der Waals surface area contributed by atoms with E-state index in [9.17, 15) is 9.59 Å². The molecule has 82 valence electrons. The van der Waals surface area contributed by atoms with Crippen LogP contribution in [-0.4, -0.2) is 16.9 Å². The number of rotatable bonds is 1. The molecule has 1 aromatic rings. The molecule has 0 bridgehead atoms. The van der Waals surface area contributed by atoms with Crippen molar-refractivity contribution < 1.29 is 14.7 Å². The van der Waals surface area contributed by atoms with E-state index < -0.39 is 0 Å². The molecule has 1 heterocycles. The summed E-state index contributed by atoms with van der Waals surface area (Å²) in [6.07, 6.45) is 4.01. The Hall–Kier alpha value is -2.36. The fraction of sp³-hybridized carbons (Fsp3) is 0. The predicted molar refractivity (Wildman–Crippen MR) is 60.5 cm³/mol. The molecule has 4 nitrogen and oxygen atoms in total. The van der Waals surface area contributed by atoms with Crippen molar-refractivity contribution >= 4 is 17.9 Å². The van der Waals surface area contributed by atoms with Crippen molar-refractivity contribution in [3.8, 4) is 5.75 Å². The maximum absolute atomic E-state index is 10.0. The highest BCUT2D eigenvalue weighted by Gasteiger charge is 2.06. The first-order valence-electron chi connectivity index (χ1n) is 4.57. The highest BCUT2D eigenvalue weighted by atomic mass is 16.3. The maximum atomic E-state index is 10.0. The molecule has 1 aliphatic rings. The van der Waals surface area contributed by atoms with Crippen LogP contribution in [0.3, 0.4) is 0 Å². The molecule has 2 rings (SSSR count). The lowest BCUT2D eigenvalue weighted by molar-refractivity contribution is -0.123. The molecular weight excluding hydrogens is 206 g/mol. The molecule has 2 amide bonds. The molecule has 16 heavy (non-hydrogen) atoms. The first kappa shape index (κ1) is 11.7. The molecule has 1 aromatic carbocycles. The Morgan fingerprint density at radius 1 is 1.12 bits per heavy atom. The summed E-state index contributed by atoms with van der Waals surface area (Å²) in [6, 6.07) is 7.08. The van der Waals surface area contributed by atoms with E-state index in [2.05, 4.69) is 6.58 Å². The molecule has 0 saturated carbocycles. The fourth-order valence-corrected chi connectivity index (χ4v) is 1.02. The van der Waals surface area contributed by atoms with E-state index in [1.807, 2.05) is 17.4 Å². The topological polar surface area (TPSA) is 66.4 Å². The molecule has 0 fully saturated rings. The number of hydrogen-bond acceptors (Lipinski definition) is 3. The van der Waals surface area contributed by atoms with Crippen molar-refractivity contribution in [1.82, 2.24) is 5.32 Å². The Labute approximate surface area is 92.9 Å². The third-order valence-corrected chi connectivity index (χ3v) is 1.79. The number of carbonyl (C=O) groups excluding carboxylic acids is 2. The van der Waals surface area contributed by atoms with E-state index in [4.69, 9.17) is 5.11 Å². The Morgan fingerprint density at radius 2 is 1.69 bits per heavy atom. The van der Waals surface area contributed by atoms with Crippen LogP contribution >= 0.6 is 0 Å². The van der Waals surface area contributed by atoms with Gasteiger partial charge in [-0.05, 0) is 6.07 Å². The molecule has 0 aromatic heterocycles. The minimum Gasteiger partial charge on any atom is -0.507 e. The second-order valence-electron chi connectivity index (χ2n) is 2.95. The number of benzene rings is 1. The van der Waals surface area contributed by atoms with Crippen molar-refractivity contribution in [2.24, 2.45) is 0 Å². The van der Waals surface area contributed by atoms with Gasteiger partial charge in [0.15, 0.2) is 0 Å². The number of phenols is 1. The summed E-state index contributed by atoms with van der Waals surface area (Å²) in [5, 5.41) is 11.1. The Kier molecular flexibility index (Phi) is 4.03. The molecule has 0 saturated heterocycles. The summed E-state index contributed by atoms with van der Waals surface area (Å²) < 4.78 is 0. The second-order valence-corrected chi connectivity index (χ2v) is 2.95. The van der Waals surface area contributed by atoms with Gasteiger partial charge < -0.3 is 5.11 Å². The highest BCUT2D eigenvalue weighted by molar-refractivity contribution is 6.12. The minimum atomic E-state index is -0.329. The van der Waals surface area contributed by atoms with Gasteiger partial charge in [0.25, 0.3) is 11.8 Å². The van der Waals surface area contributed by atoms with Crippen LogP contribution in [0.5, 0.6) is 5.75 Å². The van der Waals surface area contributed by atoms with Crippen molar-refractivity contribution in [3.05, 3.63) is 48.6 Å². The van der Waals surface area contributed by atoms with Crippen molar-refractivity contribution in [2.75, 3.05) is 0 Å². The van der Waals surface area contributed by atoms with Crippen molar-refractivity contribution in [3.63, 3.8) is 0 Å². The van der Waals surface area contributed by atoms with Gasteiger partial charge in [-0.25, -0.2) is 0 Å². The average Bonchev–Trinajstić information content (AvgIpc) is 2.64. The number of nitrogens with one attached hydrogen (secondary N) is 1. The van der Waals surface area contributed by atoms with Crippen LogP contribution in [0.4, 0.5) is 0 Å². The Bertz CT molecular complexity index is 433. The molecule has 1 aliphatic heterocycles. The van der Waals surface area contributed by atoms with E-state index in [0.717, 1.165) is 5.56 Å². The first-order valence-corrected chi connectivity index (χ1v) is 4.57. The summed E-state index contributed by atoms with van der Waals surface area (Å²) in [5.41, 5.74) is 0.775. The summed E-state index contributed by atoms with van der Waals surface area (Å²) in [7, 11) is 0. The third-order valence-electron chi connectivity index (χ3n) is 1.79. The van der Waals surface area contributed by atoms with E-state index in [-0.39, 0.29) is 17.6 Å². The monoisotopic (exact) mass is 217 g/mol. The summed E-state index contributed by atoms with van der Waals surface area (Å²) in [5.74, 6) is -0.373. The Morgan fingerprint density at radius 3 is 2.00 bits per heavy atom. The van der Waals surface area contributed by atoms with Crippen LogP contribution in [0.15, 0.2) is 43.0 Å². The zero-order valence-electron chi connectivity index (χ0n) is 8.51. The first-order chi connectivity index (χ1) is 7.63. The molecule has 0 aliphatic carbocycles. The molecule has 2 N–H and O–H groups in total. The lowest BCUT2D eigenvalue weighted by Crippen LogP contribution is -2.19. The van der Waals surface area contributed by atoms with Crippen molar-refractivity contribution in [2.45, 2.75) is 0 Å². The minimum absolute atomic E-state index is 0.285. The van der Waals surface area contributed by atoms with E-state index in [1.54, 1.807) is 18.2 Å². The van der Waals surface area contributed by atoms with Gasteiger partial charge in [-0.1, -0.05) is 30.9 Å². The zero-order valence-corrected chi connectivity index (χ0v) is 8.51. The zero-order chi connectivity index (χ0) is 12.0. The number of amides is 2. The number of hydrogen-bond donors (Lipinski definition) is 2. The number of carbonyl (C=O) groups is 2. The molecule has 0 radical (unpaired) electrons. The van der Waals surface area contributed by atoms with E-state index >= 15 is 0 Å². The fourth-order valence-electron chi connectivity index (χ4n) is 1.02. The average molecular weight is 217 g/mol. The normalized spacial score (nSPS) is 12.8. The summed E-state index contributed by atoms with van der Waals surface area (Å²) in [4.78, 5) is 20.1. The highest BCUT2D eigenvalue weighted by Crippen LogP contribution is 2.15.